The number of carboxylic acid groups (broad SMARTS) is 2. The normalized spacial score (nSPS) is 27.5. The lowest BCUT2D eigenvalue weighted by atomic mass is 10.0. The lowest BCUT2D eigenvalue weighted by Gasteiger charge is -2.05. The second-order valence-electron chi connectivity index (χ2n) is 4.13. The van der Waals surface area contributed by atoms with Gasteiger partial charge in [0.15, 0.2) is 0 Å². The number of aliphatic carboxylic acids is 2. The first-order chi connectivity index (χ1) is 7.08. The van der Waals surface area contributed by atoms with Crippen LogP contribution in [0.25, 0.3) is 0 Å². The maximum atomic E-state index is 9.55. The summed E-state index contributed by atoms with van der Waals surface area (Å²) in [6.45, 7) is 0. The van der Waals surface area contributed by atoms with E-state index in [-0.39, 0.29) is 0 Å². The molecule has 2 aliphatic rings. The van der Waals surface area contributed by atoms with Crippen molar-refractivity contribution in [3.63, 3.8) is 0 Å². The van der Waals surface area contributed by atoms with E-state index in [2.05, 4.69) is 0 Å². The smallest absolute Gasteiger partial charge is 0.328 e. The first-order valence-electron chi connectivity index (χ1n) is 5.22. The van der Waals surface area contributed by atoms with Crippen LogP contribution in [-0.2, 0) is 9.59 Å². The minimum Gasteiger partial charge on any atom is -0.478 e. The molecule has 2 bridgehead atoms. The summed E-state index contributed by atoms with van der Waals surface area (Å²) < 4.78 is 0. The molecule has 2 aliphatic carbocycles. The molecule has 2 saturated carbocycles. The molecule has 0 unspecified atom stereocenters. The molecule has 0 amide bonds. The number of hydrogen-bond acceptors (Lipinski definition) is 2. The van der Waals surface area contributed by atoms with Gasteiger partial charge in [-0.2, -0.15) is 0 Å². The van der Waals surface area contributed by atoms with Crippen molar-refractivity contribution in [2.75, 3.05) is 0 Å². The van der Waals surface area contributed by atoms with Crippen LogP contribution in [0.2, 0.25) is 0 Å². The van der Waals surface area contributed by atoms with E-state index in [1.54, 1.807) is 32.1 Å². The van der Waals surface area contributed by atoms with Gasteiger partial charge in [0, 0.05) is 12.2 Å². The van der Waals surface area contributed by atoms with Crippen LogP contribution in [0.5, 0.6) is 0 Å². The van der Waals surface area contributed by atoms with E-state index < -0.39 is 11.9 Å². The predicted octanol–water partition coefficient (Wildman–Crippen LogP) is 1.91. The Hall–Kier alpha value is -1.32. The first kappa shape index (κ1) is 11.8. The highest BCUT2D eigenvalue weighted by Crippen LogP contribution is 2.43. The van der Waals surface area contributed by atoms with Crippen molar-refractivity contribution in [3.8, 4) is 0 Å². The number of carbonyl (C=O) groups is 2. The minimum absolute atomic E-state index is 0.558. The van der Waals surface area contributed by atoms with Gasteiger partial charge in [-0.05, 0) is 18.3 Å². The van der Waals surface area contributed by atoms with Crippen molar-refractivity contribution in [3.05, 3.63) is 12.2 Å². The monoisotopic (exact) mass is 212 g/mol. The molecule has 2 N–H and O–H groups in total. The lowest BCUT2D eigenvalue weighted by Crippen LogP contribution is -1.91. The van der Waals surface area contributed by atoms with Crippen LogP contribution in [0.4, 0.5) is 0 Å². The molecule has 0 aromatic carbocycles. The predicted molar refractivity (Wildman–Crippen MR) is 54.5 cm³/mol. The Bertz CT molecular complexity index is 236. The van der Waals surface area contributed by atoms with Crippen LogP contribution in [-0.4, -0.2) is 22.2 Å². The SMILES string of the molecule is C1CC2CCC1C2.O=C(O)/C=C\C(=O)O. The first-order valence-corrected chi connectivity index (χ1v) is 5.22. The average Bonchev–Trinajstić information content (AvgIpc) is 2.79. The standard InChI is InChI=1S/C7H12.C4H4O4/c1-2-7-4-3-6(1)5-7;5-3(6)1-2-4(7)8/h6-7H,1-5H2;1-2H,(H,5,6)(H,7,8)/b;2-1-. The van der Waals surface area contributed by atoms with Crippen molar-refractivity contribution in [2.24, 2.45) is 11.8 Å². The molecular weight excluding hydrogens is 196 g/mol. The van der Waals surface area contributed by atoms with Crippen LogP contribution in [0.15, 0.2) is 12.2 Å². The molecule has 0 aromatic rings. The fraction of sp³-hybridized carbons (Fsp3) is 0.636. The number of rotatable bonds is 2. The van der Waals surface area contributed by atoms with Gasteiger partial charge < -0.3 is 10.2 Å². The maximum absolute atomic E-state index is 9.55. The third-order valence-electron chi connectivity index (χ3n) is 3.00. The molecule has 2 rings (SSSR count). The van der Waals surface area contributed by atoms with E-state index >= 15 is 0 Å². The van der Waals surface area contributed by atoms with Gasteiger partial charge in [0.05, 0.1) is 0 Å². The fourth-order valence-corrected chi connectivity index (χ4v) is 2.32. The largest absolute Gasteiger partial charge is 0.478 e. The Morgan fingerprint density at radius 3 is 1.33 bits per heavy atom. The zero-order valence-electron chi connectivity index (χ0n) is 8.56. The number of fused-ring (bicyclic) bond motifs is 2. The van der Waals surface area contributed by atoms with Crippen molar-refractivity contribution < 1.29 is 19.8 Å². The van der Waals surface area contributed by atoms with Gasteiger partial charge in [-0.1, -0.05) is 25.7 Å². The molecule has 4 nitrogen and oxygen atoms in total. The highest BCUT2D eigenvalue weighted by atomic mass is 16.4. The summed E-state index contributed by atoms with van der Waals surface area (Å²) in [4.78, 5) is 19.1. The molecule has 0 saturated heterocycles. The Morgan fingerprint density at radius 2 is 1.20 bits per heavy atom. The summed E-state index contributed by atoms with van der Waals surface area (Å²) in [5.74, 6) is -0.171. The molecule has 84 valence electrons. The zero-order chi connectivity index (χ0) is 11.3. The fourth-order valence-electron chi connectivity index (χ4n) is 2.32. The molecule has 4 heteroatoms. The van der Waals surface area contributed by atoms with Gasteiger partial charge in [0.1, 0.15) is 0 Å². The quantitative estimate of drug-likeness (QED) is 0.685. The van der Waals surface area contributed by atoms with Crippen molar-refractivity contribution in [1.82, 2.24) is 0 Å². The van der Waals surface area contributed by atoms with Crippen molar-refractivity contribution in [1.29, 1.82) is 0 Å². The van der Waals surface area contributed by atoms with Gasteiger partial charge in [0.2, 0.25) is 0 Å². The van der Waals surface area contributed by atoms with E-state index in [1.807, 2.05) is 0 Å². The highest BCUT2D eigenvalue weighted by molar-refractivity contribution is 5.89. The third-order valence-corrected chi connectivity index (χ3v) is 3.00. The minimum atomic E-state index is -1.26. The molecule has 0 heterocycles. The molecule has 0 aliphatic heterocycles. The Labute approximate surface area is 88.6 Å². The van der Waals surface area contributed by atoms with Gasteiger partial charge in [-0.25, -0.2) is 9.59 Å². The summed E-state index contributed by atoms with van der Waals surface area (Å²) >= 11 is 0. The van der Waals surface area contributed by atoms with E-state index in [4.69, 9.17) is 10.2 Å². The third kappa shape index (κ3) is 4.63. The zero-order valence-corrected chi connectivity index (χ0v) is 8.56. The van der Waals surface area contributed by atoms with Gasteiger partial charge in [-0.15, -0.1) is 0 Å². The van der Waals surface area contributed by atoms with E-state index in [0.29, 0.717) is 12.2 Å². The molecule has 2 fully saturated rings. The van der Waals surface area contributed by atoms with Crippen molar-refractivity contribution >= 4 is 11.9 Å². The maximum Gasteiger partial charge on any atom is 0.328 e. The van der Waals surface area contributed by atoms with Crippen LogP contribution < -0.4 is 0 Å². The number of carboxylic acids is 2. The van der Waals surface area contributed by atoms with Crippen molar-refractivity contribution in [2.45, 2.75) is 32.1 Å². The van der Waals surface area contributed by atoms with Gasteiger partial charge in [-0.3, -0.25) is 0 Å². The van der Waals surface area contributed by atoms with Crippen LogP contribution in [0.3, 0.4) is 0 Å². The van der Waals surface area contributed by atoms with E-state index in [9.17, 15) is 9.59 Å². The Kier molecular flexibility index (Phi) is 4.34. The molecular formula is C11H16O4. The number of hydrogen-bond donors (Lipinski definition) is 2. The average molecular weight is 212 g/mol. The summed E-state index contributed by atoms with van der Waals surface area (Å²) in [5, 5.41) is 15.6. The molecule has 0 atom stereocenters. The van der Waals surface area contributed by atoms with E-state index in [0.717, 1.165) is 0 Å². The summed E-state index contributed by atoms with van der Waals surface area (Å²) in [5.41, 5.74) is 0. The van der Waals surface area contributed by atoms with Gasteiger partial charge in [0.25, 0.3) is 0 Å². The van der Waals surface area contributed by atoms with Crippen LogP contribution >= 0.6 is 0 Å². The molecule has 15 heavy (non-hydrogen) atoms. The summed E-state index contributed by atoms with van der Waals surface area (Å²) in [7, 11) is 0. The summed E-state index contributed by atoms with van der Waals surface area (Å²) in [6.07, 6.45) is 8.94. The Morgan fingerprint density at radius 1 is 0.867 bits per heavy atom. The Balaban J connectivity index is 0.000000150. The van der Waals surface area contributed by atoms with E-state index in [1.165, 1.54) is 11.8 Å². The lowest BCUT2D eigenvalue weighted by molar-refractivity contribution is -0.134. The summed E-state index contributed by atoms with van der Waals surface area (Å²) in [6, 6.07) is 0. The van der Waals surface area contributed by atoms with Gasteiger partial charge >= 0.3 is 11.9 Å². The molecule has 0 spiro atoms. The second kappa shape index (κ2) is 5.53. The molecule has 0 aromatic heterocycles. The molecule has 0 radical (unpaired) electrons. The highest BCUT2D eigenvalue weighted by Gasteiger charge is 2.30. The second-order valence-corrected chi connectivity index (χ2v) is 4.13. The van der Waals surface area contributed by atoms with Crippen LogP contribution in [0.1, 0.15) is 32.1 Å². The topological polar surface area (TPSA) is 74.6 Å². The van der Waals surface area contributed by atoms with Crippen LogP contribution in [0, 0.1) is 11.8 Å².